The van der Waals surface area contributed by atoms with E-state index in [9.17, 15) is 4.79 Å². The summed E-state index contributed by atoms with van der Waals surface area (Å²) in [6.07, 6.45) is 0.362. The van der Waals surface area contributed by atoms with Crippen LogP contribution in [0.5, 0.6) is 11.5 Å². The molecular formula is C19H23ClN2O3. The van der Waals surface area contributed by atoms with Crippen LogP contribution in [0.3, 0.4) is 0 Å². The molecule has 2 aromatic carbocycles. The summed E-state index contributed by atoms with van der Waals surface area (Å²) in [6.45, 7) is 3.15. The van der Waals surface area contributed by atoms with Crippen LogP contribution in [0.1, 0.15) is 17.5 Å². The number of amides is 1. The van der Waals surface area contributed by atoms with Crippen LogP contribution in [-0.4, -0.2) is 26.7 Å². The fraction of sp³-hybridized carbons (Fsp3) is 0.316. The van der Waals surface area contributed by atoms with Gasteiger partial charge in [-0.15, -0.1) is 0 Å². The minimum absolute atomic E-state index is 0.0812. The molecule has 0 aliphatic carbocycles. The zero-order valence-corrected chi connectivity index (χ0v) is 15.4. The van der Waals surface area contributed by atoms with Gasteiger partial charge in [0, 0.05) is 30.6 Å². The summed E-state index contributed by atoms with van der Waals surface area (Å²) >= 11 is 6.07. The highest BCUT2D eigenvalue weighted by Gasteiger charge is 2.10. The number of hydrogen-bond donors (Lipinski definition) is 2. The third-order valence-corrected chi connectivity index (χ3v) is 4.18. The Labute approximate surface area is 153 Å². The number of nitrogens with one attached hydrogen (secondary N) is 2. The highest BCUT2D eigenvalue weighted by atomic mass is 35.5. The van der Waals surface area contributed by atoms with E-state index in [-0.39, 0.29) is 5.91 Å². The van der Waals surface area contributed by atoms with Gasteiger partial charge in [0.2, 0.25) is 5.91 Å². The quantitative estimate of drug-likeness (QED) is 0.701. The molecule has 6 heteroatoms. The van der Waals surface area contributed by atoms with Crippen molar-refractivity contribution in [3.05, 3.63) is 52.5 Å². The van der Waals surface area contributed by atoms with Gasteiger partial charge in [-0.1, -0.05) is 23.7 Å². The monoisotopic (exact) mass is 362 g/mol. The smallest absolute Gasteiger partial charge is 0.225 e. The van der Waals surface area contributed by atoms with Crippen LogP contribution in [0.4, 0.5) is 5.69 Å². The number of anilines is 1. The first-order valence-electron chi connectivity index (χ1n) is 8.01. The van der Waals surface area contributed by atoms with Gasteiger partial charge in [0.1, 0.15) is 11.5 Å². The summed E-state index contributed by atoms with van der Waals surface area (Å²) < 4.78 is 10.4. The van der Waals surface area contributed by atoms with Crippen LogP contribution >= 0.6 is 11.6 Å². The SMILES string of the molecule is COc1ccc(CNCCC(=O)Nc2cc(C)c(Cl)cc2OC)cc1. The summed E-state index contributed by atoms with van der Waals surface area (Å²) in [6, 6.07) is 11.3. The van der Waals surface area contributed by atoms with Gasteiger partial charge in [0.25, 0.3) is 0 Å². The zero-order valence-electron chi connectivity index (χ0n) is 14.7. The first-order valence-corrected chi connectivity index (χ1v) is 8.39. The van der Waals surface area contributed by atoms with Crippen molar-refractivity contribution in [2.45, 2.75) is 19.9 Å². The first kappa shape index (κ1) is 19.1. The molecule has 2 N–H and O–H groups in total. The molecule has 0 aliphatic rings. The Morgan fingerprint density at radius 2 is 1.84 bits per heavy atom. The molecule has 0 unspecified atom stereocenters. The Morgan fingerprint density at radius 1 is 1.12 bits per heavy atom. The second-order valence-electron chi connectivity index (χ2n) is 5.62. The van der Waals surface area contributed by atoms with Gasteiger partial charge in [-0.05, 0) is 36.2 Å². The van der Waals surface area contributed by atoms with E-state index >= 15 is 0 Å². The van der Waals surface area contributed by atoms with E-state index in [2.05, 4.69) is 10.6 Å². The highest BCUT2D eigenvalue weighted by molar-refractivity contribution is 6.31. The maximum absolute atomic E-state index is 12.1. The number of halogens is 1. The number of hydrogen-bond acceptors (Lipinski definition) is 4. The molecule has 0 saturated carbocycles. The van der Waals surface area contributed by atoms with Crippen LogP contribution < -0.4 is 20.1 Å². The molecule has 25 heavy (non-hydrogen) atoms. The predicted octanol–water partition coefficient (Wildman–Crippen LogP) is 3.78. The van der Waals surface area contributed by atoms with Crippen molar-refractivity contribution >= 4 is 23.2 Å². The Morgan fingerprint density at radius 3 is 2.48 bits per heavy atom. The molecule has 0 spiro atoms. The summed E-state index contributed by atoms with van der Waals surface area (Å²) in [4.78, 5) is 12.1. The normalized spacial score (nSPS) is 10.4. The second kappa shape index (κ2) is 9.30. The van der Waals surface area contributed by atoms with Gasteiger partial charge in [0.15, 0.2) is 0 Å². The zero-order chi connectivity index (χ0) is 18.2. The standard InChI is InChI=1S/C19H23ClN2O3/c1-13-10-17(18(25-3)11-16(13)20)22-19(23)8-9-21-12-14-4-6-15(24-2)7-5-14/h4-7,10-11,21H,8-9,12H2,1-3H3,(H,22,23). The average Bonchev–Trinajstić information content (AvgIpc) is 2.62. The van der Waals surface area contributed by atoms with E-state index in [1.54, 1.807) is 20.3 Å². The van der Waals surface area contributed by atoms with Crippen molar-refractivity contribution in [2.75, 3.05) is 26.1 Å². The molecule has 2 aromatic rings. The van der Waals surface area contributed by atoms with Crippen molar-refractivity contribution in [1.82, 2.24) is 5.32 Å². The molecular weight excluding hydrogens is 340 g/mol. The summed E-state index contributed by atoms with van der Waals surface area (Å²) in [5.41, 5.74) is 2.65. The Bertz CT molecular complexity index is 717. The first-order chi connectivity index (χ1) is 12.0. The number of carbonyl (C=O) groups is 1. The molecule has 0 aliphatic heterocycles. The number of benzene rings is 2. The van der Waals surface area contributed by atoms with Gasteiger partial charge in [-0.25, -0.2) is 0 Å². The summed E-state index contributed by atoms with van der Waals surface area (Å²) in [5.74, 6) is 1.30. The third-order valence-electron chi connectivity index (χ3n) is 3.77. The Hall–Kier alpha value is -2.24. The maximum Gasteiger partial charge on any atom is 0.225 e. The predicted molar refractivity (Wildman–Crippen MR) is 101 cm³/mol. The number of carbonyl (C=O) groups excluding carboxylic acids is 1. The fourth-order valence-electron chi connectivity index (χ4n) is 2.32. The minimum atomic E-state index is -0.0812. The van der Waals surface area contributed by atoms with E-state index in [0.29, 0.717) is 36.0 Å². The second-order valence-corrected chi connectivity index (χ2v) is 6.03. The van der Waals surface area contributed by atoms with Crippen LogP contribution in [-0.2, 0) is 11.3 Å². The lowest BCUT2D eigenvalue weighted by atomic mass is 10.2. The van der Waals surface area contributed by atoms with E-state index in [1.807, 2.05) is 37.3 Å². The molecule has 0 bridgehead atoms. The average molecular weight is 363 g/mol. The Balaban J connectivity index is 1.80. The third kappa shape index (κ3) is 5.66. The molecule has 1 amide bonds. The van der Waals surface area contributed by atoms with Crippen LogP contribution in [0.15, 0.2) is 36.4 Å². The van der Waals surface area contributed by atoms with Crippen LogP contribution in [0, 0.1) is 6.92 Å². The van der Waals surface area contributed by atoms with E-state index < -0.39 is 0 Å². The van der Waals surface area contributed by atoms with Crippen molar-refractivity contribution in [3.63, 3.8) is 0 Å². The van der Waals surface area contributed by atoms with Crippen molar-refractivity contribution in [2.24, 2.45) is 0 Å². The molecule has 0 heterocycles. The van der Waals surface area contributed by atoms with E-state index in [4.69, 9.17) is 21.1 Å². The molecule has 134 valence electrons. The molecule has 0 radical (unpaired) electrons. The van der Waals surface area contributed by atoms with Gasteiger partial charge in [-0.3, -0.25) is 4.79 Å². The van der Waals surface area contributed by atoms with Gasteiger partial charge in [0.05, 0.1) is 19.9 Å². The van der Waals surface area contributed by atoms with Crippen LogP contribution in [0.2, 0.25) is 5.02 Å². The molecule has 0 aromatic heterocycles. The lowest BCUT2D eigenvalue weighted by Crippen LogP contribution is -2.21. The van der Waals surface area contributed by atoms with Crippen LogP contribution in [0.25, 0.3) is 0 Å². The summed E-state index contributed by atoms with van der Waals surface area (Å²) in [5, 5.41) is 6.72. The molecule has 2 rings (SSSR count). The van der Waals surface area contributed by atoms with Gasteiger partial charge >= 0.3 is 0 Å². The van der Waals surface area contributed by atoms with Crippen molar-refractivity contribution in [1.29, 1.82) is 0 Å². The number of aryl methyl sites for hydroxylation is 1. The molecule has 0 fully saturated rings. The van der Waals surface area contributed by atoms with Gasteiger partial charge < -0.3 is 20.1 Å². The van der Waals surface area contributed by atoms with Gasteiger partial charge in [-0.2, -0.15) is 0 Å². The lowest BCUT2D eigenvalue weighted by molar-refractivity contribution is -0.116. The molecule has 0 saturated heterocycles. The molecule has 5 nitrogen and oxygen atoms in total. The topological polar surface area (TPSA) is 59.6 Å². The largest absolute Gasteiger partial charge is 0.497 e. The fourth-order valence-corrected chi connectivity index (χ4v) is 2.47. The van der Waals surface area contributed by atoms with Crippen molar-refractivity contribution in [3.8, 4) is 11.5 Å². The lowest BCUT2D eigenvalue weighted by Gasteiger charge is -2.12. The van der Waals surface area contributed by atoms with E-state index in [1.165, 1.54) is 0 Å². The number of ether oxygens (including phenoxy) is 2. The summed E-state index contributed by atoms with van der Waals surface area (Å²) in [7, 11) is 3.19. The molecule has 0 atom stereocenters. The number of methoxy groups -OCH3 is 2. The highest BCUT2D eigenvalue weighted by Crippen LogP contribution is 2.30. The van der Waals surface area contributed by atoms with Crippen molar-refractivity contribution < 1.29 is 14.3 Å². The minimum Gasteiger partial charge on any atom is -0.497 e. The maximum atomic E-state index is 12.1. The Kier molecular flexibility index (Phi) is 7.10. The van der Waals surface area contributed by atoms with E-state index in [0.717, 1.165) is 16.9 Å². The number of rotatable bonds is 8.